The quantitative estimate of drug-likeness (QED) is 0.478. The number of barbiturate groups is 1. The number of phenols is 1. The molecule has 2 N–H and O–H groups in total. The summed E-state index contributed by atoms with van der Waals surface area (Å²) < 4.78 is 1.94. The van der Waals surface area contributed by atoms with Gasteiger partial charge < -0.3 is 9.67 Å². The van der Waals surface area contributed by atoms with Crippen molar-refractivity contribution in [1.82, 2.24) is 9.88 Å². The molecule has 7 nitrogen and oxygen atoms in total. The number of aryl methyl sites for hydroxylation is 1. The summed E-state index contributed by atoms with van der Waals surface area (Å²) in [7, 11) is 0. The molecule has 0 saturated carbocycles. The highest BCUT2D eigenvalue weighted by Crippen LogP contribution is 2.27. The average Bonchev–Trinajstić information content (AvgIpc) is 3.00. The van der Waals surface area contributed by atoms with E-state index in [1.807, 2.05) is 24.5 Å². The van der Waals surface area contributed by atoms with Crippen LogP contribution in [0.5, 0.6) is 5.75 Å². The summed E-state index contributed by atoms with van der Waals surface area (Å²) in [5, 5.41) is 12.2. The van der Waals surface area contributed by atoms with Crippen molar-refractivity contribution in [3.8, 4) is 11.4 Å². The lowest BCUT2D eigenvalue weighted by Gasteiger charge is -2.26. The van der Waals surface area contributed by atoms with Crippen LogP contribution in [0.25, 0.3) is 11.8 Å². The summed E-state index contributed by atoms with van der Waals surface area (Å²) in [6.45, 7) is 3.76. The first kappa shape index (κ1) is 20.4. The fourth-order valence-corrected chi connectivity index (χ4v) is 3.70. The first-order valence-electron chi connectivity index (χ1n) is 9.41. The molecule has 31 heavy (non-hydrogen) atoms. The van der Waals surface area contributed by atoms with Gasteiger partial charge in [0.25, 0.3) is 11.8 Å². The maximum Gasteiger partial charge on any atom is 0.335 e. The number of rotatable bonds is 3. The third-order valence-electron chi connectivity index (χ3n) is 5.06. The minimum atomic E-state index is -0.816. The van der Waals surface area contributed by atoms with E-state index in [0.717, 1.165) is 22.0 Å². The standard InChI is InChI=1S/C23H18ClN3O4/c1-13-11-15(14(2)26(13)17-7-9-19(28)10-8-17)12-20-21(29)25-23(31)27(22(20)30)18-5-3-16(24)4-6-18/h3-12,28H,1-2H3,(H,25,29,31). The Balaban J connectivity index is 1.75. The topological polar surface area (TPSA) is 91.6 Å². The number of amides is 4. The van der Waals surface area contributed by atoms with Gasteiger partial charge in [-0.15, -0.1) is 0 Å². The van der Waals surface area contributed by atoms with E-state index in [4.69, 9.17) is 11.6 Å². The molecule has 0 unspecified atom stereocenters. The maximum absolute atomic E-state index is 13.1. The number of benzene rings is 2. The van der Waals surface area contributed by atoms with Crippen LogP contribution in [-0.4, -0.2) is 27.5 Å². The van der Waals surface area contributed by atoms with Crippen LogP contribution in [-0.2, 0) is 9.59 Å². The Morgan fingerprint density at radius 3 is 2.19 bits per heavy atom. The number of phenolic OH excluding ortho intramolecular Hbond substituents is 1. The van der Waals surface area contributed by atoms with E-state index in [1.165, 1.54) is 18.2 Å². The van der Waals surface area contributed by atoms with E-state index < -0.39 is 17.8 Å². The number of halogens is 1. The highest BCUT2D eigenvalue weighted by atomic mass is 35.5. The number of carbonyl (C=O) groups is 3. The highest BCUT2D eigenvalue weighted by molar-refractivity contribution is 6.39. The van der Waals surface area contributed by atoms with Crippen molar-refractivity contribution < 1.29 is 19.5 Å². The summed E-state index contributed by atoms with van der Waals surface area (Å²) in [5.41, 5.74) is 3.32. The van der Waals surface area contributed by atoms with Gasteiger partial charge in [-0.3, -0.25) is 14.9 Å². The number of nitrogens with one attached hydrogen (secondary N) is 1. The number of imide groups is 2. The third-order valence-corrected chi connectivity index (χ3v) is 5.32. The van der Waals surface area contributed by atoms with Gasteiger partial charge >= 0.3 is 6.03 Å². The number of carbonyl (C=O) groups excluding carboxylic acids is 3. The van der Waals surface area contributed by atoms with Crippen LogP contribution in [0.4, 0.5) is 10.5 Å². The molecule has 0 atom stereocenters. The second kappa shape index (κ2) is 7.77. The van der Waals surface area contributed by atoms with Gasteiger partial charge in [0.05, 0.1) is 5.69 Å². The van der Waals surface area contributed by atoms with Gasteiger partial charge in [0.2, 0.25) is 0 Å². The number of urea groups is 1. The van der Waals surface area contributed by atoms with Crippen molar-refractivity contribution in [2.45, 2.75) is 13.8 Å². The number of aromatic hydroxyl groups is 1. The number of hydrogen-bond acceptors (Lipinski definition) is 4. The summed E-state index contributed by atoms with van der Waals surface area (Å²) >= 11 is 5.89. The van der Waals surface area contributed by atoms with E-state index >= 15 is 0 Å². The van der Waals surface area contributed by atoms with Crippen LogP contribution < -0.4 is 10.2 Å². The Bertz CT molecular complexity index is 1240. The lowest BCUT2D eigenvalue weighted by atomic mass is 10.1. The van der Waals surface area contributed by atoms with Crippen molar-refractivity contribution >= 4 is 41.2 Å². The summed E-state index contributed by atoms with van der Waals surface area (Å²) in [4.78, 5) is 38.7. The SMILES string of the molecule is Cc1cc(C=C2C(=O)NC(=O)N(c3ccc(Cl)cc3)C2=O)c(C)n1-c1ccc(O)cc1. The number of hydrogen-bond donors (Lipinski definition) is 2. The van der Waals surface area contributed by atoms with E-state index in [9.17, 15) is 19.5 Å². The molecule has 0 bridgehead atoms. The third kappa shape index (κ3) is 3.71. The van der Waals surface area contributed by atoms with Crippen LogP contribution in [0.2, 0.25) is 5.02 Å². The van der Waals surface area contributed by atoms with Gasteiger partial charge in [-0.05, 0) is 80.1 Å². The monoisotopic (exact) mass is 435 g/mol. The molecule has 1 aromatic heterocycles. The fourth-order valence-electron chi connectivity index (χ4n) is 3.57. The van der Waals surface area contributed by atoms with Crippen LogP contribution in [0.15, 0.2) is 60.2 Å². The van der Waals surface area contributed by atoms with Gasteiger partial charge in [0.1, 0.15) is 11.3 Å². The lowest BCUT2D eigenvalue weighted by molar-refractivity contribution is -0.122. The molecule has 1 saturated heterocycles. The molecule has 156 valence electrons. The van der Waals surface area contributed by atoms with Gasteiger partial charge in [-0.25, -0.2) is 9.69 Å². The molecule has 2 heterocycles. The summed E-state index contributed by atoms with van der Waals surface area (Å²) in [6, 6.07) is 13.9. The second-order valence-corrected chi connectivity index (χ2v) is 7.55. The molecule has 3 aromatic rings. The predicted octanol–water partition coefficient (Wildman–Crippen LogP) is 4.12. The Hall–Kier alpha value is -3.84. The molecule has 4 amide bonds. The largest absolute Gasteiger partial charge is 0.508 e. The first-order valence-corrected chi connectivity index (χ1v) is 9.79. The van der Waals surface area contributed by atoms with Crippen molar-refractivity contribution in [3.05, 3.63) is 82.1 Å². The lowest BCUT2D eigenvalue weighted by Crippen LogP contribution is -2.54. The summed E-state index contributed by atoms with van der Waals surface area (Å²) in [5.74, 6) is -1.31. The molecule has 0 radical (unpaired) electrons. The van der Waals surface area contributed by atoms with Crippen LogP contribution in [0.3, 0.4) is 0 Å². The first-order chi connectivity index (χ1) is 14.8. The van der Waals surface area contributed by atoms with Crippen molar-refractivity contribution in [3.63, 3.8) is 0 Å². The van der Waals surface area contributed by atoms with Gasteiger partial charge in [0.15, 0.2) is 0 Å². The Labute approximate surface area is 183 Å². The zero-order chi connectivity index (χ0) is 22.3. The van der Waals surface area contributed by atoms with Gasteiger partial charge in [0, 0.05) is 22.1 Å². The normalized spacial score (nSPS) is 15.5. The van der Waals surface area contributed by atoms with Crippen molar-refractivity contribution in [1.29, 1.82) is 0 Å². The number of anilines is 1. The molecule has 2 aromatic carbocycles. The summed E-state index contributed by atoms with van der Waals surface area (Å²) in [6.07, 6.45) is 1.48. The van der Waals surface area contributed by atoms with E-state index in [-0.39, 0.29) is 11.3 Å². The fraction of sp³-hybridized carbons (Fsp3) is 0.0870. The zero-order valence-corrected chi connectivity index (χ0v) is 17.5. The molecular weight excluding hydrogens is 418 g/mol. The van der Waals surface area contributed by atoms with Crippen molar-refractivity contribution in [2.24, 2.45) is 0 Å². The molecule has 4 rings (SSSR count). The van der Waals surface area contributed by atoms with Gasteiger partial charge in [-0.2, -0.15) is 0 Å². The van der Waals surface area contributed by atoms with E-state index in [0.29, 0.717) is 16.3 Å². The number of aromatic nitrogens is 1. The molecule has 1 aliphatic rings. The molecule has 8 heteroatoms. The van der Waals surface area contributed by atoms with Gasteiger partial charge in [-0.1, -0.05) is 11.6 Å². The maximum atomic E-state index is 13.1. The van der Waals surface area contributed by atoms with Crippen LogP contribution in [0.1, 0.15) is 17.0 Å². The average molecular weight is 436 g/mol. The Kier molecular flexibility index (Phi) is 5.12. The Morgan fingerprint density at radius 1 is 0.935 bits per heavy atom. The minimum absolute atomic E-state index is 0.152. The minimum Gasteiger partial charge on any atom is -0.508 e. The molecular formula is C23H18ClN3O4. The molecule has 0 aliphatic carbocycles. The molecule has 0 spiro atoms. The second-order valence-electron chi connectivity index (χ2n) is 7.11. The smallest absolute Gasteiger partial charge is 0.335 e. The Morgan fingerprint density at radius 2 is 1.55 bits per heavy atom. The highest BCUT2D eigenvalue weighted by Gasteiger charge is 2.37. The molecule has 1 fully saturated rings. The zero-order valence-electron chi connectivity index (χ0n) is 16.7. The number of nitrogens with zero attached hydrogens (tertiary/aromatic N) is 2. The van der Waals surface area contributed by atoms with Crippen LogP contribution in [0, 0.1) is 13.8 Å². The van der Waals surface area contributed by atoms with E-state index in [2.05, 4.69) is 5.32 Å². The van der Waals surface area contributed by atoms with Crippen LogP contribution >= 0.6 is 11.6 Å². The van der Waals surface area contributed by atoms with E-state index in [1.54, 1.807) is 36.4 Å². The predicted molar refractivity (Wildman–Crippen MR) is 117 cm³/mol. The molecule has 1 aliphatic heterocycles. The van der Waals surface area contributed by atoms with Crippen molar-refractivity contribution in [2.75, 3.05) is 4.90 Å².